The zero-order chi connectivity index (χ0) is 39.8. The van der Waals surface area contributed by atoms with Gasteiger partial charge < -0.3 is 24.6 Å². The second-order valence-electron chi connectivity index (χ2n) is 15.0. The Morgan fingerprint density at radius 2 is 0.759 bits per heavy atom. The van der Waals surface area contributed by atoms with Crippen molar-refractivity contribution in [2.24, 2.45) is 0 Å². The van der Waals surface area contributed by atoms with Gasteiger partial charge in [-0.05, 0) is 38.5 Å². The Hall–Kier alpha value is -1.29. The molecule has 0 spiro atoms. The molecule has 0 radical (unpaired) electrons. The van der Waals surface area contributed by atoms with E-state index in [1.807, 2.05) is 0 Å². The van der Waals surface area contributed by atoms with Gasteiger partial charge in [-0.2, -0.15) is 0 Å². The number of unbranched alkanes of at least 4 members (excludes halogenated alkanes) is 26. The Kier molecular flexibility index (Phi) is 39.0. The first kappa shape index (κ1) is 52.7. The standard InChI is InChI=1S/C43H83O10P/c1-3-5-7-9-11-13-15-16-17-18-19-20-21-22-23-24-25-27-29-31-33-35-43(47)53-41(37-45)39-51-54(48,49)50-38-40(36-44)52-42(46)34-32-30-28-26-14-12-10-8-6-4-2/h18-19,40-41,44-45H,3-17,20-39H2,1-2H3,(H,48,49)/b19-18-. The minimum Gasteiger partial charge on any atom is -0.457 e. The van der Waals surface area contributed by atoms with Crippen LogP contribution in [-0.4, -0.2) is 65.7 Å². The fourth-order valence-corrected chi connectivity index (χ4v) is 7.07. The summed E-state index contributed by atoms with van der Waals surface area (Å²) in [7, 11) is -4.63. The number of rotatable bonds is 42. The molecule has 54 heavy (non-hydrogen) atoms. The molecular weight excluding hydrogens is 707 g/mol. The lowest BCUT2D eigenvalue weighted by Crippen LogP contribution is -2.28. The first-order valence-corrected chi connectivity index (χ1v) is 23.6. The summed E-state index contributed by atoms with van der Waals surface area (Å²) in [6, 6.07) is 0. The van der Waals surface area contributed by atoms with E-state index < -0.39 is 58.4 Å². The maximum Gasteiger partial charge on any atom is 0.472 e. The number of phosphoric ester groups is 1. The van der Waals surface area contributed by atoms with Crippen LogP contribution in [0.3, 0.4) is 0 Å². The van der Waals surface area contributed by atoms with E-state index in [0.29, 0.717) is 12.8 Å². The number of aliphatic hydroxyl groups excluding tert-OH is 2. The molecule has 0 aliphatic carbocycles. The van der Waals surface area contributed by atoms with E-state index in [1.54, 1.807) is 0 Å². The van der Waals surface area contributed by atoms with Crippen LogP contribution in [0.25, 0.3) is 0 Å². The van der Waals surface area contributed by atoms with Crippen LogP contribution < -0.4 is 0 Å². The molecule has 0 aromatic carbocycles. The predicted octanol–water partition coefficient (Wildman–Crippen LogP) is 11.6. The lowest BCUT2D eigenvalue weighted by Gasteiger charge is -2.20. The molecule has 0 rings (SSSR count). The van der Waals surface area contributed by atoms with Crippen molar-refractivity contribution in [3.05, 3.63) is 12.2 Å². The summed E-state index contributed by atoms with van der Waals surface area (Å²) < 4.78 is 32.5. The molecule has 0 aliphatic rings. The molecule has 0 aliphatic heterocycles. The van der Waals surface area contributed by atoms with Crippen LogP contribution in [0.2, 0.25) is 0 Å². The van der Waals surface area contributed by atoms with Gasteiger partial charge in [-0.25, -0.2) is 4.57 Å². The van der Waals surface area contributed by atoms with Crippen LogP contribution in [0, 0.1) is 0 Å². The molecule has 0 saturated carbocycles. The first-order valence-electron chi connectivity index (χ1n) is 22.1. The lowest BCUT2D eigenvalue weighted by atomic mass is 10.1. The van der Waals surface area contributed by atoms with Gasteiger partial charge in [0, 0.05) is 12.8 Å². The molecule has 0 saturated heterocycles. The maximum atomic E-state index is 12.3. The van der Waals surface area contributed by atoms with Gasteiger partial charge in [-0.1, -0.05) is 174 Å². The number of aliphatic hydroxyl groups is 2. The molecule has 0 heterocycles. The molecule has 0 fully saturated rings. The van der Waals surface area contributed by atoms with Crippen LogP contribution in [0.15, 0.2) is 12.2 Å². The van der Waals surface area contributed by atoms with Gasteiger partial charge in [-0.15, -0.1) is 0 Å². The van der Waals surface area contributed by atoms with Gasteiger partial charge in [0.05, 0.1) is 26.4 Å². The zero-order valence-corrected chi connectivity index (χ0v) is 35.6. The molecule has 11 heteroatoms. The van der Waals surface area contributed by atoms with Gasteiger partial charge in [0.15, 0.2) is 0 Å². The largest absolute Gasteiger partial charge is 0.472 e. The Labute approximate surface area is 330 Å². The molecule has 0 amide bonds. The number of hydrogen-bond donors (Lipinski definition) is 3. The second-order valence-corrected chi connectivity index (χ2v) is 16.5. The van der Waals surface area contributed by atoms with Crippen LogP contribution >= 0.6 is 7.82 Å². The third kappa shape index (κ3) is 37.6. The minimum absolute atomic E-state index is 0.193. The molecule has 3 N–H and O–H groups in total. The average molecular weight is 791 g/mol. The average Bonchev–Trinajstić information content (AvgIpc) is 3.16. The highest BCUT2D eigenvalue weighted by Crippen LogP contribution is 2.43. The van der Waals surface area contributed by atoms with Crippen molar-refractivity contribution in [1.29, 1.82) is 0 Å². The highest BCUT2D eigenvalue weighted by molar-refractivity contribution is 7.47. The molecular formula is C43H83O10P. The van der Waals surface area contributed by atoms with E-state index in [1.165, 1.54) is 135 Å². The molecule has 320 valence electrons. The second kappa shape index (κ2) is 39.9. The topological polar surface area (TPSA) is 149 Å². The summed E-state index contributed by atoms with van der Waals surface area (Å²) in [5, 5.41) is 19.1. The number of carbonyl (C=O) groups is 2. The van der Waals surface area contributed by atoms with Crippen molar-refractivity contribution in [3.63, 3.8) is 0 Å². The predicted molar refractivity (Wildman–Crippen MR) is 219 cm³/mol. The molecule has 0 aromatic heterocycles. The number of allylic oxidation sites excluding steroid dienone is 2. The summed E-state index contributed by atoms with van der Waals surface area (Å²) in [5.74, 6) is -1.01. The van der Waals surface area contributed by atoms with Crippen LogP contribution in [0.5, 0.6) is 0 Å². The van der Waals surface area contributed by atoms with E-state index in [9.17, 15) is 29.3 Å². The fraction of sp³-hybridized carbons (Fsp3) is 0.907. The van der Waals surface area contributed by atoms with Crippen molar-refractivity contribution < 1.29 is 47.8 Å². The van der Waals surface area contributed by atoms with E-state index in [2.05, 4.69) is 26.0 Å². The van der Waals surface area contributed by atoms with Gasteiger partial charge >= 0.3 is 19.8 Å². The Morgan fingerprint density at radius 1 is 0.481 bits per heavy atom. The Morgan fingerprint density at radius 3 is 1.06 bits per heavy atom. The first-order chi connectivity index (χ1) is 26.3. The third-order valence-electron chi connectivity index (χ3n) is 9.73. The number of hydrogen-bond acceptors (Lipinski definition) is 9. The van der Waals surface area contributed by atoms with Crippen LogP contribution in [0.4, 0.5) is 0 Å². The van der Waals surface area contributed by atoms with Crippen LogP contribution in [0.1, 0.15) is 213 Å². The smallest absolute Gasteiger partial charge is 0.457 e. The number of phosphoric acid groups is 1. The normalized spacial score (nSPS) is 13.9. The van der Waals surface area contributed by atoms with E-state index in [-0.39, 0.29) is 12.8 Å². The minimum atomic E-state index is -4.63. The van der Waals surface area contributed by atoms with Crippen molar-refractivity contribution in [3.8, 4) is 0 Å². The highest BCUT2D eigenvalue weighted by Gasteiger charge is 2.27. The van der Waals surface area contributed by atoms with Gasteiger partial charge in [0.25, 0.3) is 0 Å². The zero-order valence-electron chi connectivity index (χ0n) is 34.7. The quantitative estimate of drug-likeness (QED) is 0.0236. The van der Waals surface area contributed by atoms with E-state index in [0.717, 1.165) is 38.5 Å². The number of esters is 2. The maximum absolute atomic E-state index is 12.3. The Bertz CT molecular complexity index is 915. The van der Waals surface area contributed by atoms with Crippen molar-refractivity contribution in [1.82, 2.24) is 0 Å². The van der Waals surface area contributed by atoms with Crippen LogP contribution in [-0.2, 0) is 32.7 Å². The summed E-state index contributed by atoms with van der Waals surface area (Å²) in [6.07, 6.45) is 37.7. The Balaban J connectivity index is 3.85. The lowest BCUT2D eigenvalue weighted by molar-refractivity contribution is -0.153. The molecule has 0 bridgehead atoms. The van der Waals surface area contributed by atoms with E-state index in [4.69, 9.17) is 18.5 Å². The molecule has 10 nitrogen and oxygen atoms in total. The number of carbonyl (C=O) groups excluding carboxylic acids is 2. The summed E-state index contributed by atoms with van der Waals surface area (Å²) >= 11 is 0. The molecule has 3 unspecified atom stereocenters. The fourth-order valence-electron chi connectivity index (χ4n) is 6.29. The van der Waals surface area contributed by atoms with Gasteiger partial charge in [0.2, 0.25) is 0 Å². The SMILES string of the molecule is CCCCCCCCCC/C=C\CCCCCCCCCCCC(=O)OC(CO)COP(=O)(O)OCC(CO)OC(=O)CCCCCCCCCCCC. The molecule has 3 atom stereocenters. The number of ether oxygens (including phenoxy) is 2. The highest BCUT2D eigenvalue weighted by atomic mass is 31.2. The summed E-state index contributed by atoms with van der Waals surface area (Å²) in [4.78, 5) is 34.4. The van der Waals surface area contributed by atoms with Crippen molar-refractivity contribution >= 4 is 19.8 Å². The summed E-state index contributed by atoms with van der Waals surface area (Å²) in [6.45, 7) is 2.21. The molecule has 0 aromatic rings. The monoisotopic (exact) mass is 791 g/mol. The van der Waals surface area contributed by atoms with Crippen molar-refractivity contribution in [2.75, 3.05) is 26.4 Å². The van der Waals surface area contributed by atoms with Gasteiger partial charge in [-0.3, -0.25) is 18.6 Å². The third-order valence-corrected chi connectivity index (χ3v) is 10.7. The van der Waals surface area contributed by atoms with E-state index >= 15 is 0 Å². The van der Waals surface area contributed by atoms with Gasteiger partial charge in [0.1, 0.15) is 12.2 Å². The van der Waals surface area contributed by atoms with Crippen molar-refractivity contribution in [2.45, 2.75) is 225 Å². The summed E-state index contributed by atoms with van der Waals surface area (Å²) in [5.41, 5.74) is 0.